The first kappa shape index (κ1) is 11.5. The van der Waals surface area contributed by atoms with E-state index in [0.29, 0.717) is 12.6 Å². The highest BCUT2D eigenvalue weighted by atomic mass is 16.2. The number of nitrogens with one attached hydrogen (secondary N) is 1. The van der Waals surface area contributed by atoms with Crippen LogP contribution in [0.15, 0.2) is 18.2 Å². The van der Waals surface area contributed by atoms with Gasteiger partial charge in [0.2, 0.25) is 5.91 Å². The Kier molecular flexibility index (Phi) is 2.96. The largest absolute Gasteiger partial charge is 0.398 e. The molecule has 2 aliphatic rings. The van der Waals surface area contributed by atoms with E-state index in [4.69, 9.17) is 5.73 Å². The summed E-state index contributed by atoms with van der Waals surface area (Å²) in [6, 6.07) is 6.50. The number of carbonyl (C=O) groups is 1. The Morgan fingerprint density at radius 1 is 1.44 bits per heavy atom. The fourth-order valence-electron chi connectivity index (χ4n) is 2.54. The predicted molar refractivity (Wildman–Crippen MR) is 71.0 cm³/mol. The third-order valence-corrected chi connectivity index (χ3v) is 3.69. The molecule has 4 nitrogen and oxygen atoms in total. The highest BCUT2D eigenvalue weighted by Gasteiger charge is 2.25. The molecule has 1 saturated carbocycles. The summed E-state index contributed by atoms with van der Waals surface area (Å²) < 4.78 is 0. The highest BCUT2D eigenvalue weighted by Crippen LogP contribution is 2.24. The minimum atomic E-state index is 0.157. The molecule has 3 rings (SSSR count). The van der Waals surface area contributed by atoms with Gasteiger partial charge in [0, 0.05) is 24.8 Å². The van der Waals surface area contributed by atoms with Crippen molar-refractivity contribution in [1.29, 1.82) is 0 Å². The van der Waals surface area contributed by atoms with Crippen LogP contribution in [-0.4, -0.2) is 29.9 Å². The molecule has 0 atom stereocenters. The maximum absolute atomic E-state index is 11.8. The maximum Gasteiger partial charge on any atom is 0.234 e. The summed E-state index contributed by atoms with van der Waals surface area (Å²) in [6.07, 6.45) is 3.23. The van der Waals surface area contributed by atoms with Crippen molar-refractivity contribution >= 4 is 11.6 Å². The zero-order chi connectivity index (χ0) is 12.5. The Bertz CT molecular complexity index is 468. The van der Waals surface area contributed by atoms with E-state index in [2.05, 4.69) is 16.3 Å². The van der Waals surface area contributed by atoms with Crippen LogP contribution in [0.4, 0.5) is 5.69 Å². The Morgan fingerprint density at radius 2 is 2.28 bits per heavy atom. The lowest BCUT2D eigenvalue weighted by molar-refractivity contribution is -0.122. The van der Waals surface area contributed by atoms with Crippen LogP contribution < -0.4 is 11.1 Å². The van der Waals surface area contributed by atoms with Crippen LogP contribution in [0.5, 0.6) is 0 Å². The number of amides is 1. The number of nitrogens with two attached hydrogens (primary N) is 1. The Labute approximate surface area is 107 Å². The summed E-state index contributed by atoms with van der Waals surface area (Å²) in [5.74, 6) is 0.157. The summed E-state index contributed by atoms with van der Waals surface area (Å²) in [7, 11) is 0. The molecule has 1 fully saturated rings. The molecule has 1 amide bonds. The van der Waals surface area contributed by atoms with Gasteiger partial charge in [-0.3, -0.25) is 9.69 Å². The number of nitrogen functional groups attached to an aromatic ring is 1. The van der Waals surface area contributed by atoms with Crippen LogP contribution in [0.1, 0.15) is 24.0 Å². The second-order valence-corrected chi connectivity index (χ2v) is 5.29. The molecule has 18 heavy (non-hydrogen) atoms. The first-order valence-corrected chi connectivity index (χ1v) is 6.60. The molecule has 0 bridgehead atoms. The minimum Gasteiger partial charge on any atom is -0.398 e. The lowest BCUT2D eigenvalue weighted by Crippen LogP contribution is -2.40. The molecule has 0 radical (unpaired) electrons. The van der Waals surface area contributed by atoms with Crippen molar-refractivity contribution in [1.82, 2.24) is 10.2 Å². The number of benzene rings is 1. The molecule has 1 aromatic carbocycles. The van der Waals surface area contributed by atoms with Gasteiger partial charge in [0.25, 0.3) is 0 Å². The van der Waals surface area contributed by atoms with E-state index in [0.717, 1.165) is 38.0 Å². The van der Waals surface area contributed by atoms with Crippen molar-refractivity contribution in [2.75, 3.05) is 18.8 Å². The fraction of sp³-hybridized carbons (Fsp3) is 0.500. The average molecular weight is 245 g/mol. The van der Waals surface area contributed by atoms with E-state index < -0.39 is 0 Å². The van der Waals surface area contributed by atoms with Gasteiger partial charge in [-0.2, -0.15) is 0 Å². The molecule has 4 heteroatoms. The molecule has 1 aliphatic heterocycles. The lowest BCUT2D eigenvalue weighted by Gasteiger charge is -2.28. The van der Waals surface area contributed by atoms with Gasteiger partial charge in [-0.15, -0.1) is 0 Å². The molecule has 3 N–H and O–H groups in total. The van der Waals surface area contributed by atoms with E-state index in [-0.39, 0.29) is 5.91 Å². The summed E-state index contributed by atoms with van der Waals surface area (Å²) in [4.78, 5) is 14.0. The van der Waals surface area contributed by atoms with Gasteiger partial charge in [-0.05, 0) is 36.5 Å². The molecule has 0 aromatic heterocycles. The smallest absolute Gasteiger partial charge is 0.234 e. The average Bonchev–Trinajstić information content (AvgIpc) is 3.13. The van der Waals surface area contributed by atoms with Gasteiger partial charge in [0.05, 0.1) is 6.54 Å². The Balaban J connectivity index is 1.61. The maximum atomic E-state index is 11.8. The monoisotopic (exact) mass is 245 g/mol. The van der Waals surface area contributed by atoms with Gasteiger partial charge in [-0.1, -0.05) is 12.1 Å². The first-order chi connectivity index (χ1) is 8.72. The van der Waals surface area contributed by atoms with Crippen LogP contribution in [-0.2, 0) is 17.8 Å². The summed E-state index contributed by atoms with van der Waals surface area (Å²) in [5.41, 5.74) is 9.37. The Morgan fingerprint density at radius 3 is 3.06 bits per heavy atom. The molecular formula is C14H19N3O. The van der Waals surface area contributed by atoms with Gasteiger partial charge >= 0.3 is 0 Å². The topological polar surface area (TPSA) is 58.4 Å². The normalized spacial score (nSPS) is 19.3. The van der Waals surface area contributed by atoms with Crippen LogP contribution >= 0.6 is 0 Å². The molecule has 96 valence electrons. The second-order valence-electron chi connectivity index (χ2n) is 5.29. The molecule has 1 aliphatic carbocycles. The summed E-state index contributed by atoms with van der Waals surface area (Å²) in [6.45, 7) is 2.25. The van der Waals surface area contributed by atoms with Crippen LogP contribution in [0.2, 0.25) is 0 Å². The van der Waals surface area contributed by atoms with Gasteiger partial charge < -0.3 is 11.1 Å². The van der Waals surface area contributed by atoms with Crippen LogP contribution in [0.25, 0.3) is 0 Å². The number of anilines is 1. The molecule has 0 saturated heterocycles. The van der Waals surface area contributed by atoms with Gasteiger partial charge in [0.1, 0.15) is 0 Å². The van der Waals surface area contributed by atoms with E-state index in [9.17, 15) is 4.79 Å². The summed E-state index contributed by atoms with van der Waals surface area (Å²) in [5, 5.41) is 3.03. The van der Waals surface area contributed by atoms with Crippen molar-refractivity contribution in [3.63, 3.8) is 0 Å². The predicted octanol–water partition coefficient (Wildman–Crippen LogP) is 0.905. The standard InChI is InChI=1S/C14H19N3O/c15-13-3-1-2-10-8-17(7-6-12(10)13)9-14(18)16-11-4-5-11/h1-3,11H,4-9,15H2,(H,16,18). The van der Waals surface area contributed by atoms with Crippen LogP contribution in [0, 0.1) is 0 Å². The number of fused-ring (bicyclic) bond motifs is 1. The van der Waals surface area contributed by atoms with E-state index in [1.807, 2.05) is 12.1 Å². The SMILES string of the molecule is Nc1cccc2c1CCN(CC(=O)NC1CC1)C2. The van der Waals surface area contributed by atoms with Crippen molar-refractivity contribution in [3.05, 3.63) is 29.3 Å². The number of carbonyl (C=O) groups excluding carboxylic acids is 1. The third kappa shape index (κ3) is 2.48. The molecule has 1 aromatic rings. The van der Waals surface area contributed by atoms with E-state index in [1.165, 1.54) is 11.1 Å². The molecular weight excluding hydrogens is 226 g/mol. The zero-order valence-electron chi connectivity index (χ0n) is 10.5. The number of nitrogens with zero attached hydrogens (tertiary/aromatic N) is 1. The lowest BCUT2D eigenvalue weighted by atomic mass is 9.98. The minimum absolute atomic E-state index is 0.157. The second kappa shape index (κ2) is 4.61. The van der Waals surface area contributed by atoms with Crippen molar-refractivity contribution in [3.8, 4) is 0 Å². The zero-order valence-corrected chi connectivity index (χ0v) is 10.5. The molecule has 1 heterocycles. The van der Waals surface area contributed by atoms with E-state index >= 15 is 0 Å². The van der Waals surface area contributed by atoms with Crippen LogP contribution in [0.3, 0.4) is 0 Å². The fourth-order valence-corrected chi connectivity index (χ4v) is 2.54. The van der Waals surface area contributed by atoms with E-state index in [1.54, 1.807) is 0 Å². The Hall–Kier alpha value is -1.55. The highest BCUT2D eigenvalue weighted by molar-refractivity contribution is 5.78. The van der Waals surface area contributed by atoms with Crippen molar-refractivity contribution in [2.24, 2.45) is 0 Å². The van der Waals surface area contributed by atoms with Gasteiger partial charge in [0.15, 0.2) is 0 Å². The first-order valence-electron chi connectivity index (χ1n) is 6.60. The third-order valence-electron chi connectivity index (χ3n) is 3.69. The van der Waals surface area contributed by atoms with Crippen molar-refractivity contribution < 1.29 is 4.79 Å². The molecule has 0 spiro atoms. The number of rotatable bonds is 3. The van der Waals surface area contributed by atoms with Crippen molar-refractivity contribution in [2.45, 2.75) is 31.8 Å². The molecule has 0 unspecified atom stereocenters. The number of hydrogen-bond donors (Lipinski definition) is 2. The summed E-state index contributed by atoms with van der Waals surface area (Å²) >= 11 is 0. The van der Waals surface area contributed by atoms with Gasteiger partial charge in [-0.25, -0.2) is 0 Å². The number of hydrogen-bond acceptors (Lipinski definition) is 3. The quantitative estimate of drug-likeness (QED) is 0.778.